The number of pyridine rings is 1. The fourth-order valence-corrected chi connectivity index (χ4v) is 2.39. The van der Waals surface area contributed by atoms with Crippen LogP contribution in [0.4, 0.5) is 5.69 Å². The quantitative estimate of drug-likeness (QED) is 0.803. The minimum Gasteiger partial charge on any atom is -0.274 e. The van der Waals surface area contributed by atoms with Crippen LogP contribution in [0.15, 0.2) is 21.3 Å². The van der Waals surface area contributed by atoms with Crippen molar-refractivity contribution < 1.29 is 4.84 Å². The second-order valence-electron chi connectivity index (χ2n) is 2.37. The number of hydrogen-bond donors (Lipinski definition) is 0. The van der Waals surface area contributed by atoms with Crippen molar-refractivity contribution in [2.45, 2.75) is 6.92 Å². The van der Waals surface area contributed by atoms with Crippen LogP contribution in [-0.2, 0) is 4.84 Å². The molecule has 1 heterocycles. The molecule has 0 fully saturated rings. The lowest BCUT2D eigenvalue weighted by Gasteiger charge is -2.19. The number of aromatic nitrogens is 1. The molecule has 0 bridgehead atoms. The molecule has 3 nitrogen and oxygen atoms in total. The molecule has 0 atom stereocenters. The Balaban J connectivity index is 2.98. The van der Waals surface area contributed by atoms with E-state index in [0.29, 0.717) is 6.61 Å². The largest absolute Gasteiger partial charge is 0.274 e. The first-order valence-corrected chi connectivity index (χ1v) is 5.41. The number of hydrogen-bond acceptors (Lipinski definition) is 3. The van der Waals surface area contributed by atoms with Crippen LogP contribution in [0, 0.1) is 0 Å². The maximum atomic E-state index is 5.34. The Kier molecular flexibility index (Phi) is 4.15. The second kappa shape index (κ2) is 4.93. The summed E-state index contributed by atoms with van der Waals surface area (Å²) in [5.41, 5.74) is 0.942. The summed E-state index contributed by atoms with van der Waals surface area (Å²) in [4.78, 5) is 9.35. The average Bonchev–Trinajstić information content (AvgIpc) is 2.04. The van der Waals surface area contributed by atoms with Gasteiger partial charge in [-0.15, -0.1) is 0 Å². The van der Waals surface area contributed by atoms with Gasteiger partial charge in [-0.25, -0.2) is 0 Å². The van der Waals surface area contributed by atoms with E-state index in [4.69, 9.17) is 4.84 Å². The van der Waals surface area contributed by atoms with E-state index in [2.05, 4.69) is 36.8 Å². The Bertz CT molecular complexity index is 273. The van der Waals surface area contributed by atoms with Crippen LogP contribution in [0.1, 0.15) is 6.92 Å². The monoisotopic (exact) mass is 308 g/mol. The molecule has 0 saturated carbocycles. The summed E-state index contributed by atoms with van der Waals surface area (Å²) in [6, 6.07) is 0. The number of anilines is 1. The molecule has 0 aliphatic heterocycles. The second-order valence-corrected chi connectivity index (χ2v) is 4.08. The highest BCUT2D eigenvalue weighted by Gasteiger charge is 2.09. The first-order chi connectivity index (χ1) is 6.16. The molecule has 0 amide bonds. The van der Waals surface area contributed by atoms with Crippen molar-refractivity contribution in [1.82, 2.24) is 4.98 Å². The molecule has 1 aromatic rings. The van der Waals surface area contributed by atoms with Crippen molar-refractivity contribution in [3.8, 4) is 0 Å². The molecule has 13 heavy (non-hydrogen) atoms. The lowest BCUT2D eigenvalue weighted by Crippen LogP contribution is -2.18. The van der Waals surface area contributed by atoms with E-state index in [-0.39, 0.29) is 0 Å². The van der Waals surface area contributed by atoms with Gasteiger partial charge in [0.1, 0.15) is 0 Å². The van der Waals surface area contributed by atoms with Crippen molar-refractivity contribution in [3.05, 3.63) is 21.3 Å². The van der Waals surface area contributed by atoms with Gasteiger partial charge in [-0.3, -0.25) is 14.9 Å². The van der Waals surface area contributed by atoms with E-state index in [1.807, 2.05) is 14.0 Å². The van der Waals surface area contributed by atoms with Crippen molar-refractivity contribution >= 4 is 37.5 Å². The summed E-state index contributed by atoms with van der Waals surface area (Å²) in [5.74, 6) is 0. The van der Waals surface area contributed by atoms with Gasteiger partial charge in [0.25, 0.3) is 0 Å². The highest BCUT2D eigenvalue weighted by atomic mass is 79.9. The topological polar surface area (TPSA) is 25.4 Å². The molecule has 0 aromatic carbocycles. The Morgan fingerprint density at radius 1 is 1.38 bits per heavy atom. The van der Waals surface area contributed by atoms with Gasteiger partial charge in [-0.1, -0.05) is 0 Å². The number of hydroxylamine groups is 1. The van der Waals surface area contributed by atoms with E-state index >= 15 is 0 Å². The third-order valence-corrected chi connectivity index (χ3v) is 2.63. The molecule has 0 unspecified atom stereocenters. The van der Waals surface area contributed by atoms with Crippen LogP contribution >= 0.6 is 31.9 Å². The van der Waals surface area contributed by atoms with Crippen molar-refractivity contribution in [2.75, 3.05) is 18.7 Å². The zero-order valence-corrected chi connectivity index (χ0v) is 10.6. The van der Waals surface area contributed by atoms with Gasteiger partial charge in [-0.05, 0) is 38.8 Å². The van der Waals surface area contributed by atoms with Gasteiger partial charge in [0.05, 0.1) is 21.2 Å². The average molecular weight is 310 g/mol. The lowest BCUT2D eigenvalue weighted by molar-refractivity contribution is 0.134. The molecule has 0 aliphatic rings. The Labute approximate surface area is 94.3 Å². The summed E-state index contributed by atoms with van der Waals surface area (Å²) in [7, 11) is 1.86. The zero-order chi connectivity index (χ0) is 9.84. The predicted molar refractivity (Wildman–Crippen MR) is 59.7 cm³/mol. The molecule has 5 heteroatoms. The van der Waals surface area contributed by atoms with Gasteiger partial charge in [-0.2, -0.15) is 0 Å². The first kappa shape index (κ1) is 10.9. The fraction of sp³-hybridized carbons (Fsp3) is 0.375. The van der Waals surface area contributed by atoms with Gasteiger partial charge in [0, 0.05) is 19.4 Å². The Hall–Kier alpha value is -0.130. The van der Waals surface area contributed by atoms with E-state index < -0.39 is 0 Å². The van der Waals surface area contributed by atoms with Crippen LogP contribution in [0.5, 0.6) is 0 Å². The number of rotatable bonds is 3. The van der Waals surface area contributed by atoms with Crippen molar-refractivity contribution in [1.29, 1.82) is 0 Å². The molecular weight excluding hydrogens is 300 g/mol. The summed E-state index contributed by atoms with van der Waals surface area (Å²) in [6.45, 7) is 2.58. The molecule has 1 rings (SSSR count). The fourth-order valence-electron chi connectivity index (χ4n) is 0.964. The van der Waals surface area contributed by atoms with Gasteiger partial charge in [0.2, 0.25) is 0 Å². The number of halogens is 2. The van der Waals surface area contributed by atoms with E-state index in [1.54, 1.807) is 17.5 Å². The summed E-state index contributed by atoms with van der Waals surface area (Å²) < 4.78 is 1.80. The van der Waals surface area contributed by atoms with E-state index in [0.717, 1.165) is 14.6 Å². The Morgan fingerprint density at radius 3 is 2.38 bits per heavy atom. The molecule has 0 saturated heterocycles. The van der Waals surface area contributed by atoms with Crippen molar-refractivity contribution in [3.63, 3.8) is 0 Å². The molecule has 1 aromatic heterocycles. The van der Waals surface area contributed by atoms with Gasteiger partial charge < -0.3 is 0 Å². The standard InChI is InChI=1S/C8H10Br2N2O/c1-3-13-12(2)8-6(9)4-11-5-7(8)10/h4-5H,3H2,1-2H3. The third kappa shape index (κ3) is 2.65. The summed E-state index contributed by atoms with van der Waals surface area (Å²) in [6.07, 6.45) is 3.46. The predicted octanol–water partition coefficient (Wildman–Crippen LogP) is 2.99. The first-order valence-electron chi connectivity index (χ1n) is 3.82. The van der Waals surface area contributed by atoms with Crippen molar-refractivity contribution in [2.24, 2.45) is 0 Å². The highest BCUT2D eigenvalue weighted by Crippen LogP contribution is 2.32. The molecular formula is C8H10Br2N2O. The van der Waals surface area contributed by atoms with Gasteiger partial charge >= 0.3 is 0 Å². The van der Waals surface area contributed by atoms with Crippen LogP contribution in [0.2, 0.25) is 0 Å². The number of nitrogens with zero attached hydrogens (tertiary/aromatic N) is 2. The third-order valence-electron chi connectivity index (χ3n) is 1.47. The SMILES string of the molecule is CCON(C)c1c(Br)cncc1Br. The smallest absolute Gasteiger partial charge is 0.0948 e. The van der Waals surface area contributed by atoms with E-state index in [9.17, 15) is 0 Å². The highest BCUT2D eigenvalue weighted by molar-refractivity contribution is 9.11. The summed E-state index contributed by atoms with van der Waals surface area (Å²) >= 11 is 6.81. The molecule has 0 aliphatic carbocycles. The maximum Gasteiger partial charge on any atom is 0.0948 e. The van der Waals surface area contributed by atoms with E-state index in [1.165, 1.54) is 0 Å². The molecule has 0 spiro atoms. The molecule has 0 radical (unpaired) electrons. The van der Waals surface area contributed by atoms with Crippen LogP contribution in [-0.4, -0.2) is 18.6 Å². The van der Waals surface area contributed by atoms with Gasteiger partial charge in [0.15, 0.2) is 0 Å². The normalized spacial score (nSPS) is 10.2. The Morgan fingerprint density at radius 2 is 1.92 bits per heavy atom. The summed E-state index contributed by atoms with van der Waals surface area (Å²) in [5, 5.41) is 1.70. The molecule has 0 N–H and O–H groups in total. The zero-order valence-electron chi connectivity index (χ0n) is 7.42. The molecule has 72 valence electrons. The maximum absolute atomic E-state index is 5.34. The van der Waals surface area contributed by atoms with Crippen LogP contribution in [0.3, 0.4) is 0 Å². The van der Waals surface area contributed by atoms with Crippen LogP contribution < -0.4 is 5.06 Å². The van der Waals surface area contributed by atoms with Crippen LogP contribution in [0.25, 0.3) is 0 Å². The lowest BCUT2D eigenvalue weighted by atomic mass is 10.4. The minimum absolute atomic E-state index is 0.637. The minimum atomic E-state index is 0.637.